The molecule has 0 aromatic carbocycles. The second-order valence-corrected chi connectivity index (χ2v) is 3.19. The Labute approximate surface area is 67.9 Å². The zero-order valence-corrected chi connectivity index (χ0v) is 6.99. The molecular weight excluding hydrogens is 140 g/mol. The van der Waals surface area contributed by atoms with Gasteiger partial charge in [0.15, 0.2) is 0 Å². The number of rotatable bonds is 3. The van der Waals surface area contributed by atoms with E-state index in [9.17, 15) is 5.11 Å². The van der Waals surface area contributed by atoms with Gasteiger partial charge in [-0.25, -0.2) is 0 Å². The molecule has 0 aliphatic carbocycles. The summed E-state index contributed by atoms with van der Waals surface area (Å²) >= 11 is 0. The van der Waals surface area contributed by atoms with Crippen LogP contribution in [-0.4, -0.2) is 23.9 Å². The van der Waals surface area contributed by atoms with E-state index in [4.69, 9.17) is 4.74 Å². The average Bonchev–Trinajstić information content (AvgIpc) is 2.36. The van der Waals surface area contributed by atoms with Crippen LogP contribution in [0.15, 0.2) is 12.7 Å². The first-order chi connectivity index (χ1) is 5.25. The fourth-order valence-electron chi connectivity index (χ4n) is 1.51. The van der Waals surface area contributed by atoms with Gasteiger partial charge in [-0.05, 0) is 18.8 Å². The lowest BCUT2D eigenvalue weighted by Crippen LogP contribution is -2.29. The van der Waals surface area contributed by atoms with Crippen LogP contribution in [0.3, 0.4) is 0 Å². The van der Waals surface area contributed by atoms with Crippen molar-refractivity contribution < 1.29 is 9.84 Å². The Balaban J connectivity index is 2.38. The number of ether oxygens (including phenoxy) is 1. The van der Waals surface area contributed by atoms with E-state index in [-0.39, 0.29) is 12.2 Å². The zero-order valence-electron chi connectivity index (χ0n) is 6.99. The van der Waals surface area contributed by atoms with Gasteiger partial charge >= 0.3 is 0 Å². The molecule has 1 saturated heterocycles. The van der Waals surface area contributed by atoms with Crippen molar-refractivity contribution in [2.24, 2.45) is 5.92 Å². The van der Waals surface area contributed by atoms with E-state index < -0.39 is 0 Å². The van der Waals surface area contributed by atoms with Gasteiger partial charge in [0, 0.05) is 6.61 Å². The summed E-state index contributed by atoms with van der Waals surface area (Å²) in [5, 5.41) is 9.52. The molecule has 64 valence electrons. The molecule has 1 fully saturated rings. The fraction of sp³-hybridized carbons (Fsp3) is 0.778. The van der Waals surface area contributed by atoms with Crippen molar-refractivity contribution in [3.8, 4) is 0 Å². The third kappa shape index (κ3) is 2.04. The number of hydrogen-bond acceptors (Lipinski definition) is 2. The van der Waals surface area contributed by atoms with Crippen LogP contribution in [0.2, 0.25) is 0 Å². The van der Waals surface area contributed by atoms with Gasteiger partial charge in [0.25, 0.3) is 0 Å². The molecule has 1 aliphatic heterocycles. The highest BCUT2D eigenvalue weighted by Crippen LogP contribution is 2.24. The Hall–Kier alpha value is -0.340. The lowest BCUT2D eigenvalue weighted by molar-refractivity contribution is -0.0144. The lowest BCUT2D eigenvalue weighted by Gasteiger charge is -2.19. The number of hydrogen-bond donors (Lipinski definition) is 1. The topological polar surface area (TPSA) is 29.5 Å². The average molecular weight is 156 g/mol. The molecule has 3 atom stereocenters. The molecule has 0 unspecified atom stereocenters. The highest BCUT2D eigenvalue weighted by Gasteiger charge is 2.29. The van der Waals surface area contributed by atoms with E-state index in [0.717, 1.165) is 13.0 Å². The van der Waals surface area contributed by atoms with Crippen molar-refractivity contribution in [3.63, 3.8) is 0 Å². The first kappa shape index (κ1) is 8.75. The summed E-state index contributed by atoms with van der Waals surface area (Å²) < 4.78 is 5.38. The van der Waals surface area contributed by atoms with Gasteiger partial charge in [-0.2, -0.15) is 0 Å². The van der Waals surface area contributed by atoms with E-state index in [2.05, 4.69) is 13.5 Å². The minimum atomic E-state index is -0.356. The summed E-state index contributed by atoms with van der Waals surface area (Å²) in [7, 11) is 0. The van der Waals surface area contributed by atoms with Gasteiger partial charge in [-0.1, -0.05) is 13.0 Å². The van der Waals surface area contributed by atoms with E-state index in [0.29, 0.717) is 12.3 Å². The molecule has 0 bridgehead atoms. The van der Waals surface area contributed by atoms with Gasteiger partial charge in [-0.3, -0.25) is 0 Å². The van der Waals surface area contributed by atoms with Crippen LogP contribution in [0.25, 0.3) is 0 Å². The minimum Gasteiger partial charge on any atom is -0.390 e. The van der Waals surface area contributed by atoms with Gasteiger partial charge in [0.05, 0.1) is 12.2 Å². The molecule has 0 aromatic rings. The lowest BCUT2D eigenvalue weighted by atomic mass is 9.98. The first-order valence-electron chi connectivity index (χ1n) is 4.16. The summed E-state index contributed by atoms with van der Waals surface area (Å²) in [4.78, 5) is 0. The van der Waals surface area contributed by atoms with Crippen molar-refractivity contribution in [2.75, 3.05) is 6.61 Å². The van der Waals surface area contributed by atoms with Gasteiger partial charge in [-0.15, -0.1) is 6.58 Å². The predicted octanol–water partition coefficient (Wildman–Crippen LogP) is 1.35. The van der Waals surface area contributed by atoms with E-state index in [1.807, 2.05) is 0 Å². The fourth-order valence-corrected chi connectivity index (χ4v) is 1.51. The van der Waals surface area contributed by atoms with Crippen molar-refractivity contribution in [1.29, 1.82) is 0 Å². The van der Waals surface area contributed by atoms with E-state index >= 15 is 0 Å². The Kier molecular flexibility index (Phi) is 3.09. The van der Waals surface area contributed by atoms with Crippen LogP contribution < -0.4 is 0 Å². The molecule has 1 rings (SSSR count). The van der Waals surface area contributed by atoms with Crippen LogP contribution in [0.4, 0.5) is 0 Å². The molecule has 0 aromatic heterocycles. The van der Waals surface area contributed by atoms with E-state index in [1.165, 1.54) is 0 Å². The smallest absolute Gasteiger partial charge is 0.0863 e. The standard InChI is InChI=1S/C9H16O2/c1-3-4-8(10)9-7(2)5-6-11-9/h3,7-10H,1,4-6H2,2H3/t7-,8+,9-/m0/s1. The molecule has 11 heavy (non-hydrogen) atoms. The molecule has 0 radical (unpaired) electrons. The van der Waals surface area contributed by atoms with Crippen LogP contribution in [0.1, 0.15) is 19.8 Å². The molecule has 0 spiro atoms. The highest BCUT2D eigenvalue weighted by atomic mass is 16.5. The van der Waals surface area contributed by atoms with Crippen LogP contribution in [0.5, 0.6) is 0 Å². The predicted molar refractivity (Wildman–Crippen MR) is 44.3 cm³/mol. The quantitative estimate of drug-likeness (QED) is 0.625. The summed E-state index contributed by atoms with van der Waals surface area (Å²) in [5.74, 6) is 0.491. The second-order valence-electron chi connectivity index (χ2n) is 3.19. The maximum Gasteiger partial charge on any atom is 0.0863 e. The van der Waals surface area contributed by atoms with Gasteiger partial charge < -0.3 is 9.84 Å². The van der Waals surface area contributed by atoms with Crippen LogP contribution in [0, 0.1) is 5.92 Å². The monoisotopic (exact) mass is 156 g/mol. The molecule has 1 heterocycles. The first-order valence-corrected chi connectivity index (χ1v) is 4.16. The molecule has 0 amide bonds. The Morgan fingerprint density at radius 2 is 2.55 bits per heavy atom. The summed E-state index contributed by atoms with van der Waals surface area (Å²) in [6.45, 7) is 6.49. The maximum atomic E-state index is 9.52. The third-order valence-electron chi connectivity index (χ3n) is 2.23. The summed E-state index contributed by atoms with van der Waals surface area (Å²) in [6, 6.07) is 0. The SMILES string of the molecule is C=CC[C@@H](O)[C@H]1OCC[C@@H]1C. The van der Waals surface area contributed by atoms with Crippen molar-refractivity contribution in [3.05, 3.63) is 12.7 Å². The van der Waals surface area contributed by atoms with Crippen LogP contribution >= 0.6 is 0 Å². The number of aliphatic hydroxyl groups is 1. The van der Waals surface area contributed by atoms with E-state index in [1.54, 1.807) is 6.08 Å². The Morgan fingerprint density at radius 3 is 3.00 bits per heavy atom. The van der Waals surface area contributed by atoms with Crippen LogP contribution in [-0.2, 0) is 4.74 Å². The molecule has 2 heteroatoms. The highest BCUT2D eigenvalue weighted by molar-refractivity contribution is 4.84. The van der Waals surface area contributed by atoms with Crippen molar-refractivity contribution in [1.82, 2.24) is 0 Å². The molecular formula is C9H16O2. The Bertz CT molecular complexity index is 134. The van der Waals surface area contributed by atoms with Crippen molar-refractivity contribution >= 4 is 0 Å². The maximum absolute atomic E-state index is 9.52. The summed E-state index contributed by atoms with van der Waals surface area (Å²) in [5.41, 5.74) is 0. The number of aliphatic hydroxyl groups excluding tert-OH is 1. The Morgan fingerprint density at radius 1 is 1.82 bits per heavy atom. The summed E-state index contributed by atoms with van der Waals surface area (Å²) in [6.07, 6.45) is 3.12. The molecule has 1 aliphatic rings. The largest absolute Gasteiger partial charge is 0.390 e. The molecule has 1 N–H and O–H groups in total. The second kappa shape index (κ2) is 3.88. The van der Waals surface area contributed by atoms with Crippen molar-refractivity contribution in [2.45, 2.75) is 32.0 Å². The van der Waals surface area contributed by atoms with Gasteiger partial charge in [0.2, 0.25) is 0 Å². The minimum absolute atomic E-state index is 0.0352. The zero-order chi connectivity index (χ0) is 8.27. The normalized spacial score (nSPS) is 33.6. The molecule has 2 nitrogen and oxygen atoms in total. The third-order valence-corrected chi connectivity index (χ3v) is 2.23. The molecule has 0 saturated carbocycles. The van der Waals surface area contributed by atoms with Gasteiger partial charge in [0.1, 0.15) is 0 Å².